The Morgan fingerprint density at radius 3 is 2.31 bits per heavy atom. The molecule has 186 valence electrons. The lowest BCUT2D eigenvalue weighted by Gasteiger charge is -2.28. The first-order valence-electron chi connectivity index (χ1n) is 12.0. The summed E-state index contributed by atoms with van der Waals surface area (Å²) in [5.74, 6) is -1.08. The number of aromatic nitrogens is 1. The number of nitrogens with one attached hydrogen (secondary N) is 2. The number of amides is 3. The molecule has 4 rings (SSSR count). The largest absolute Gasteiger partial charge is 0.381 e. The van der Waals surface area contributed by atoms with Crippen LogP contribution in [0.1, 0.15) is 29.7 Å². The third-order valence-corrected chi connectivity index (χ3v) is 6.27. The van der Waals surface area contributed by atoms with Crippen LogP contribution in [0.3, 0.4) is 0 Å². The average molecular weight is 487 g/mol. The van der Waals surface area contributed by atoms with Crippen LogP contribution in [0.5, 0.6) is 0 Å². The van der Waals surface area contributed by atoms with Crippen molar-refractivity contribution in [2.24, 2.45) is 0 Å². The second-order valence-electron chi connectivity index (χ2n) is 8.85. The minimum absolute atomic E-state index is 0.0905. The minimum Gasteiger partial charge on any atom is -0.381 e. The molecule has 1 aliphatic heterocycles. The number of aliphatic hydroxyl groups is 1. The van der Waals surface area contributed by atoms with Crippen molar-refractivity contribution >= 4 is 17.7 Å². The zero-order valence-corrected chi connectivity index (χ0v) is 19.9. The van der Waals surface area contributed by atoms with Crippen molar-refractivity contribution in [2.45, 2.75) is 50.5 Å². The van der Waals surface area contributed by atoms with Gasteiger partial charge in [0.25, 0.3) is 5.91 Å². The molecule has 1 aromatic heterocycles. The molecule has 1 unspecified atom stereocenters. The second-order valence-corrected chi connectivity index (χ2v) is 8.85. The fourth-order valence-electron chi connectivity index (χ4n) is 4.34. The first kappa shape index (κ1) is 25.1. The molecule has 1 saturated heterocycles. The van der Waals surface area contributed by atoms with E-state index in [1.807, 2.05) is 66.7 Å². The van der Waals surface area contributed by atoms with E-state index < -0.39 is 24.1 Å². The molecule has 1 aliphatic rings. The molecule has 3 atom stereocenters. The third-order valence-electron chi connectivity index (χ3n) is 6.27. The standard InChI is InChI=1S/C28H30N4O4/c33-25-15-14-24(32(25)19-21-11-5-2-6-12-21)27(35)31-23(17-20-9-3-1-4-10-20)26(34)28(36)30-18-22-13-7-8-16-29-22/h1-13,16,23-24,26,34H,14-15,17-19H2,(H,30,36)(H,31,35)/t23-,24+,26?/m0/s1. The average Bonchev–Trinajstić information content (AvgIpc) is 3.28. The zero-order valence-electron chi connectivity index (χ0n) is 19.9. The van der Waals surface area contributed by atoms with Gasteiger partial charge in [-0.3, -0.25) is 19.4 Å². The Bertz CT molecular complexity index is 1160. The maximum atomic E-state index is 13.3. The molecule has 8 heteroatoms. The van der Waals surface area contributed by atoms with Gasteiger partial charge in [-0.2, -0.15) is 0 Å². The summed E-state index contributed by atoms with van der Waals surface area (Å²) in [5.41, 5.74) is 2.45. The van der Waals surface area contributed by atoms with Crippen molar-refractivity contribution in [1.82, 2.24) is 20.5 Å². The van der Waals surface area contributed by atoms with E-state index in [1.54, 1.807) is 23.2 Å². The predicted octanol–water partition coefficient (Wildman–Crippen LogP) is 1.98. The molecule has 3 N–H and O–H groups in total. The van der Waals surface area contributed by atoms with E-state index in [0.717, 1.165) is 11.1 Å². The molecule has 0 saturated carbocycles. The minimum atomic E-state index is -1.49. The number of hydrogen-bond donors (Lipinski definition) is 3. The van der Waals surface area contributed by atoms with Gasteiger partial charge in [0.15, 0.2) is 6.10 Å². The molecule has 0 aliphatic carbocycles. The second kappa shape index (κ2) is 12.1. The van der Waals surface area contributed by atoms with Crippen molar-refractivity contribution in [2.75, 3.05) is 0 Å². The Labute approximate surface area is 210 Å². The highest BCUT2D eigenvalue weighted by atomic mass is 16.3. The quantitative estimate of drug-likeness (QED) is 0.406. The van der Waals surface area contributed by atoms with Gasteiger partial charge in [-0.25, -0.2) is 0 Å². The molecule has 2 aromatic carbocycles. The van der Waals surface area contributed by atoms with E-state index in [4.69, 9.17) is 0 Å². The number of pyridine rings is 1. The highest BCUT2D eigenvalue weighted by molar-refractivity contribution is 5.91. The van der Waals surface area contributed by atoms with Crippen LogP contribution in [0.25, 0.3) is 0 Å². The lowest BCUT2D eigenvalue weighted by Crippen LogP contribution is -2.55. The maximum absolute atomic E-state index is 13.3. The molecule has 0 bridgehead atoms. The Kier molecular flexibility index (Phi) is 8.41. The fraction of sp³-hybridized carbons (Fsp3) is 0.286. The molecule has 0 spiro atoms. The lowest BCUT2D eigenvalue weighted by molar-refractivity contribution is -0.138. The van der Waals surface area contributed by atoms with E-state index in [-0.39, 0.29) is 31.2 Å². The molecule has 8 nitrogen and oxygen atoms in total. The number of benzene rings is 2. The van der Waals surface area contributed by atoms with Gasteiger partial charge in [0.05, 0.1) is 18.3 Å². The Morgan fingerprint density at radius 2 is 1.64 bits per heavy atom. The van der Waals surface area contributed by atoms with Gasteiger partial charge in [0.1, 0.15) is 6.04 Å². The maximum Gasteiger partial charge on any atom is 0.251 e. The molecule has 2 heterocycles. The third kappa shape index (κ3) is 6.55. The number of carbonyl (C=O) groups is 3. The number of rotatable bonds is 10. The molecule has 3 aromatic rings. The van der Waals surface area contributed by atoms with Gasteiger partial charge in [-0.15, -0.1) is 0 Å². The van der Waals surface area contributed by atoms with Crippen LogP contribution < -0.4 is 10.6 Å². The Balaban J connectivity index is 1.46. The molecule has 0 radical (unpaired) electrons. The fourth-order valence-corrected chi connectivity index (χ4v) is 4.34. The van der Waals surface area contributed by atoms with Crippen molar-refractivity contribution < 1.29 is 19.5 Å². The molecule has 1 fully saturated rings. The van der Waals surface area contributed by atoms with Crippen molar-refractivity contribution in [3.63, 3.8) is 0 Å². The summed E-state index contributed by atoms with van der Waals surface area (Å²) in [4.78, 5) is 44.4. The summed E-state index contributed by atoms with van der Waals surface area (Å²) in [5, 5.41) is 16.5. The predicted molar refractivity (Wildman–Crippen MR) is 134 cm³/mol. The summed E-state index contributed by atoms with van der Waals surface area (Å²) in [6.07, 6.45) is 1.06. The summed E-state index contributed by atoms with van der Waals surface area (Å²) in [6.45, 7) is 0.485. The smallest absolute Gasteiger partial charge is 0.251 e. The van der Waals surface area contributed by atoms with Crippen LogP contribution in [0.15, 0.2) is 85.1 Å². The number of nitrogens with zero attached hydrogens (tertiary/aromatic N) is 2. The Hall–Kier alpha value is -4.04. The summed E-state index contributed by atoms with van der Waals surface area (Å²) in [7, 11) is 0. The van der Waals surface area contributed by atoms with Crippen molar-refractivity contribution in [3.8, 4) is 0 Å². The van der Waals surface area contributed by atoms with Gasteiger partial charge in [0.2, 0.25) is 11.8 Å². The van der Waals surface area contributed by atoms with Gasteiger partial charge < -0.3 is 20.6 Å². The lowest BCUT2D eigenvalue weighted by atomic mass is 9.99. The van der Waals surface area contributed by atoms with Crippen molar-refractivity contribution in [1.29, 1.82) is 0 Å². The molecular formula is C28H30N4O4. The van der Waals surface area contributed by atoms with Crippen LogP contribution in [0.4, 0.5) is 0 Å². The highest BCUT2D eigenvalue weighted by Crippen LogP contribution is 2.22. The SMILES string of the molecule is O=C(NCc1ccccn1)C(O)[C@H](Cc1ccccc1)NC(=O)[C@H]1CCC(=O)N1Cc1ccccc1. The summed E-state index contributed by atoms with van der Waals surface area (Å²) >= 11 is 0. The Morgan fingerprint density at radius 1 is 0.972 bits per heavy atom. The number of aliphatic hydroxyl groups excluding tert-OH is 1. The van der Waals surface area contributed by atoms with E-state index in [0.29, 0.717) is 18.7 Å². The van der Waals surface area contributed by atoms with Crippen LogP contribution in [0.2, 0.25) is 0 Å². The van der Waals surface area contributed by atoms with Crippen molar-refractivity contribution in [3.05, 3.63) is 102 Å². The van der Waals surface area contributed by atoms with E-state index in [1.165, 1.54) is 0 Å². The highest BCUT2D eigenvalue weighted by Gasteiger charge is 2.38. The van der Waals surface area contributed by atoms with Crippen LogP contribution in [0, 0.1) is 0 Å². The van der Waals surface area contributed by atoms with Gasteiger partial charge in [0, 0.05) is 19.2 Å². The normalized spacial score (nSPS) is 16.9. The number of carbonyl (C=O) groups excluding carboxylic acids is 3. The van der Waals surface area contributed by atoms with E-state index >= 15 is 0 Å². The first-order valence-corrected chi connectivity index (χ1v) is 12.0. The van der Waals surface area contributed by atoms with Gasteiger partial charge in [-0.1, -0.05) is 66.7 Å². The van der Waals surface area contributed by atoms with Crippen LogP contribution in [-0.4, -0.2) is 50.9 Å². The molecular weight excluding hydrogens is 456 g/mol. The monoisotopic (exact) mass is 486 g/mol. The summed E-state index contributed by atoms with van der Waals surface area (Å²) in [6, 6.07) is 22.7. The van der Waals surface area contributed by atoms with Gasteiger partial charge >= 0.3 is 0 Å². The first-order chi connectivity index (χ1) is 17.5. The van der Waals surface area contributed by atoms with Crippen LogP contribution in [-0.2, 0) is 33.9 Å². The van der Waals surface area contributed by atoms with E-state index in [2.05, 4.69) is 15.6 Å². The molecule has 3 amide bonds. The summed E-state index contributed by atoms with van der Waals surface area (Å²) < 4.78 is 0. The zero-order chi connectivity index (χ0) is 25.3. The topological polar surface area (TPSA) is 112 Å². The number of likely N-dealkylation sites (tertiary alicyclic amines) is 1. The van der Waals surface area contributed by atoms with E-state index in [9.17, 15) is 19.5 Å². The molecule has 36 heavy (non-hydrogen) atoms. The van der Waals surface area contributed by atoms with Gasteiger partial charge in [-0.05, 0) is 36.1 Å². The number of hydrogen-bond acceptors (Lipinski definition) is 5. The van der Waals surface area contributed by atoms with Crippen LogP contribution >= 0.6 is 0 Å².